The minimum atomic E-state index is -6.30. The summed E-state index contributed by atoms with van der Waals surface area (Å²) in [7, 11) is -6.30. The Morgan fingerprint density at radius 2 is 1.78 bits per heavy atom. The molecule has 0 spiro atoms. The van der Waals surface area contributed by atoms with Crippen molar-refractivity contribution in [2.75, 3.05) is 6.61 Å². The second kappa shape index (κ2) is 5.83. The summed E-state index contributed by atoms with van der Waals surface area (Å²) in [6.45, 7) is -0.420. The minimum Gasteiger partial charge on any atom is -0.459 e. The normalized spacial score (nSPS) is 13.4. The number of hydrogen-bond donors (Lipinski definition) is 1. The molecule has 0 unspecified atom stereocenters. The van der Waals surface area contributed by atoms with Crippen LogP contribution in [0.4, 0.5) is 17.6 Å². The molecule has 0 radical (unpaired) electrons. The zero-order chi connectivity index (χ0) is 14.6. The second-order valence-corrected chi connectivity index (χ2v) is 4.92. The van der Waals surface area contributed by atoms with Crippen molar-refractivity contribution < 1.29 is 40.1 Å². The molecule has 1 N–H and O–H groups in total. The first-order chi connectivity index (χ1) is 7.95. The fourth-order valence-electron chi connectivity index (χ4n) is 0.837. The summed E-state index contributed by atoms with van der Waals surface area (Å²) in [6.07, 6.45) is 0.635. The number of hydrogen-bond acceptors (Lipinski definition) is 4. The predicted molar refractivity (Wildman–Crippen MR) is 51.9 cm³/mol. The molecule has 0 atom stereocenters. The Labute approximate surface area is 101 Å². The van der Waals surface area contributed by atoms with E-state index in [0.29, 0.717) is 12.8 Å². The SMILES string of the molecule is CCCCC(=O)OCC(F)(F)C(F)(F)S(=O)(=O)O. The van der Waals surface area contributed by atoms with Crippen LogP contribution in [0.15, 0.2) is 0 Å². The fourth-order valence-corrected chi connectivity index (χ4v) is 1.27. The highest BCUT2D eigenvalue weighted by molar-refractivity contribution is 7.87. The Morgan fingerprint density at radius 3 is 2.17 bits per heavy atom. The van der Waals surface area contributed by atoms with E-state index in [1.54, 1.807) is 6.92 Å². The summed E-state index contributed by atoms with van der Waals surface area (Å²) in [4.78, 5) is 10.8. The van der Waals surface area contributed by atoms with E-state index < -0.39 is 33.9 Å². The van der Waals surface area contributed by atoms with Crippen LogP contribution in [0.25, 0.3) is 0 Å². The van der Waals surface area contributed by atoms with Gasteiger partial charge in [0.25, 0.3) is 0 Å². The number of halogens is 4. The summed E-state index contributed by atoms with van der Waals surface area (Å²) >= 11 is 0. The summed E-state index contributed by atoms with van der Waals surface area (Å²) in [5, 5.41) is -5.72. The van der Waals surface area contributed by atoms with E-state index in [0.717, 1.165) is 0 Å². The van der Waals surface area contributed by atoms with Crippen LogP contribution in [-0.4, -0.2) is 36.7 Å². The van der Waals surface area contributed by atoms with E-state index in [1.165, 1.54) is 0 Å². The first-order valence-corrected chi connectivity index (χ1v) is 6.28. The molecular weight excluding hydrogens is 284 g/mol. The maximum atomic E-state index is 12.8. The third-order valence-corrected chi connectivity index (χ3v) is 2.85. The molecule has 18 heavy (non-hydrogen) atoms. The lowest BCUT2D eigenvalue weighted by molar-refractivity contribution is -0.196. The molecular formula is C8H12F4O5S. The Morgan fingerprint density at radius 1 is 1.28 bits per heavy atom. The molecule has 0 aromatic heterocycles. The van der Waals surface area contributed by atoms with E-state index >= 15 is 0 Å². The lowest BCUT2D eigenvalue weighted by atomic mass is 10.2. The number of rotatable bonds is 7. The standard InChI is InChI=1S/C8H12F4O5S/c1-2-3-4-6(13)17-5-7(9,10)8(11,12)18(14,15)16/h2-5H2,1H3,(H,14,15,16). The van der Waals surface area contributed by atoms with Gasteiger partial charge in [-0.2, -0.15) is 26.0 Å². The molecule has 0 aliphatic rings. The van der Waals surface area contributed by atoms with Gasteiger partial charge in [0.15, 0.2) is 6.61 Å². The fraction of sp³-hybridized carbons (Fsp3) is 0.875. The van der Waals surface area contributed by atoms with Gasteiger partial charge in [0.2, 0.25) is 0 Å². The minimum absolute atomic E-state index is 0.246. The van der Waals surface area contributed by atoms with E-state index in [-0.39, 0.29) is 6.42 Å². The average Bonchev–Trinajstić information content (AvgIpc) is 2.21. The van der Waals surface area contributed by atoms with Gasteiger partial charge in [0.05, 0.1) is 0 Å². The molecule has 0 bridgehead atoms. The van der Waals surface area contributed by atoms with Crippen molar-refractivity contribution in [3.05, 3.63) is 0 Å². The number of esters is 1. The lowest BCUT2D eigenvalue weighted by Gasteiger charge is -2.23. The first-order valence-electron chi connectivity index (χ1n) is 4.84. The highest BCUT2D eigenvalue weighted by atomic mass is 32.2. The molecule has 0 fully saturated rings. The molecule has 0 rings (SSSR count). The molecule has 5 nitrogen and oxygen atoms in total. The molecule has 0 aromatic rings. The van der Waals surface area contributed by atoms with Gasteiger partial charge in [-0.3, -0.25) is 9.35 Å². The topological polar surface area (TPSA) is 80.7 Å². The molecule has 0 aliphatic heterocycles. The van der Waals surface area contributed by atoms with E-state index in [2.05, 4.69) is 4.74 Å². The van der Waals surface area contributed by atoms with Crippen LogP contribution in [0.2, 0.25) is 0 Å². The highest BCUT2D eigenvalue weighted by Gasteiger charge is 2.66. The lowest BCUT2D eigenvalue weighted by Crippen LogP contribution is -2.50. The quantitative estimate of drug-likeness (QED) is 0.440. The van der Waals surface area contributed by atoms with Crippen LogP contribution < -0.4 is 0 Å². The predicted octanol–water partition coefficient (Wildman–Crippen LogP) is 1.84. The van der Waals surface area contributed by atoms with Crippen molar-refractivity contribution in [3.8, 4) is 0 Å². The van der Waals surface area contributed by atoms with Crippen molar-refractivity contribution >= 4 is 16.1 Å². The third-order valence-electron chi connectivity index (χ3n) is 1.90. The number of carbonyl (C=O) groups is 1. The maximum absolute atomic E-state index is 12.8. The highest BCUT2D eigenvalue weighted by Crippen LogP contribution is 2.38. The molecule has 0 heterocycles. The van der Waals surface area contributed by atoms with Crippen molar-refractivity contribution in [1.82, 2.24) is 0 Å². The molecule has 0 saturated heterocycles. The Balaban J connectivity index is 4.63. The van der Waals surface area contributed by atoms with Gasteiger partial charge < -0.3 is 4.74 Å². The van der Waals surface area contributed by atoms with Crippen LogP contribution in [0.3, 0.4) is 0 Å². The Hall–Kier alpha value is -0.900. The number of alkyl halides is 4. The zero-order valence-corrected chi connectivity index (χ0v) is 10.1. The monoisotopic (exact) mass is 296 g/mol. The number of ether oxygens (including phenoxy) is 1. The van der Waals surface area contributed by atoms with Gasteiger partial charge in [-0.05, 0) is 6.42 Å². The van der Waals surface area contributed by atoms with E-state index in [1.807, 2.05) is 0 Å². The third kappa shape index (κ3) is 4.09. The average molecular weight is 296 g/mol. The smallest absolute Gasteiger partial charge is 0.435 e. The molecule has 108 valence electrons. The van der Waals surface area contributed by atoms with Crippen LogP contribution >= 0.6 is 0 Å². The molecule has 0 aromatic carbocycles. The van der Waals surface area contributed by atoms with E-state index in [4.69, 9.17) is 4.55 Å². The molecule has 0 aliphatic carbocycles. The van der Waals surface area contributed by atoms with Crippen molar-refractivity contribution in [1.29, 1.82) is 0 Å². The molecule has 0 amide bonds. The van der Waals surface area contributed by atoms with Crippen molar-refractivity contribution in [2.45, 2.75) is 37.4 Å². The van der Waals surface area contributed by atoms with Crippen molar-refractivity contribution in [2.24, 2.45) is 0 Å². The van der Waals surface area contributed by atoms with Gasteiger partial charge in [-0.1, -0.05) is 13.3 Å². The van der Waals surface area contributed by atoms with Crippen LogP contribution in [0.1, 0.15) is 26.2 Å². The van der Waals surface area contributed by atoms with Gasteiger partial charge >= 0.3 is 27.3 Å². The van der Waals surface area contributed by atoms with Crippen LogP contribution in [0.5, 0.6) is 0 Å². The zero-order valence-electron chi connectivity index (χ0n) is 9.33. The van der Waals surface area contributed by atoms with Crippen LogP contribution in [-0.2, 0) is 19.6 Å². The Kier molecular flexibility index (Phi) is 5.54. The number of unbranched alkanes of at least 4 members (excludes halogenated alkanes) is 1. The van der Waals surface area contributed by atoms with Crippen molar-refractivity contribution in [3.63, 3.8) is 0 Å². The van der Waals surface area contributed by atoms with E-state index in [9.17, 15) is 30.8 Å². The summed E-state index contributed by atoms with van der Waals surface area (Å²) < 4.78 is 82.9. The maximum Gasteiger partial charge on any atom is 0.435 e. The van der Waals surface area contributed by atoms with Crippen LogP contribution in [0, 0.1) is 0 Å². The summed E-state index contributed by atoms with van der Waals surface area (Å²) in [5.74, 6) is -6.36. The second-order valence-electron chi connectivity index (χ2n) is 3.46. The Bertz CT molecular complexity index is 392. The number of carbonyl (C=O) groups excluding carboxylic acids is 1. The summed E-state index contributed by atoms with van der Waals surface area (Å²) in [6, 6.07) is 0. The molecule has 10 heteroatoms. The van der Waals surface area contributed by atoms with Gasteiger partial charge in [0, 0.05) is 6.42 Å². The van der Waals surface area contributed by atoms with Gasteiger partial charge in [0.1, 0.15) is 0 Å². The molecule has 0 saturated carbocycles. The largest absolute Gasteiger partial charge is 0.459 e. The summed E-state index contributed by atoms with van der Waals surface area (Å²) in [5.41, 5.74) is 0. The van der Waals surface area contributed by atoms with Gasteiger partial charge in [-0.25, -0.2) is 0 Å². The van der Waals surface area contributed by atoms with Gasteiger partial charge in [-0.15, -0.1) is 0 Å². The first kappa shape index (κ1) is 17.1.